The van der Waals surface area contributed by atoms with Crippen molar-refractivity contribution >= 4 is 22.8 Å². The van der Waals surface area contributed by atoms with Crippen LogP contribution in [-0.4, -0.2) is 75.2 Å². The van der Waals surface area contributed by atoms with Gasteiger partial charge in [-0.1, -0.05) is 12.1 Å². The number of nitrogens with zero attached hydrogens (tertiary/aromatic N) is 7. The second-order valence-corrected chi connectivity index (χ2v) is 10.4. The van der Waals surface area contributed by atoms with Crippen molar-refractivity contribution in [1.29, 1.82) is 0 Å². The standard InChI is InChI=1S/C27H26F3N7O2/c1-35-9-7-26(8-10-35)15-37(16-26)25-31-14-21(33-34-25)20-5-3-18(12-23(20)39-24(38)27(28,29)30)17-4-6-22-19(11-17)13-32-36(22)2/h3-6,11-14H,7-10,15-16H2,1-2H3. The average Bonchev–Trinajstić information content (AvgIpc) is 3.27. The van der Waals surface area contributed by atoms with Crippen molar-refractivity contribution in [3.8, 4) is 28.1 Å². The fraction of sp³-hybridized carbons (Fsp3) is 0.370. The molecule has 4 aromatic rings. The van der Waals surface area contributed by atoms with E-state index in [9.17, 15) is 18.0 Å². The molecule has 1 spiro atoms. The van der Waals surface area contributed by atoms with Crippen LogP contribution in [0.25, 0.3) is 33.3 Å². The summed E-state index contributed by atoms with van der Waals surface area (Å²) in [5.74, 6) is -2.12. The monoisotopic (exact) mass is 537 g/mol. The number of benzene rings is 2. The molecule has 0 atom stereocenters. The minimum Gasteiger partial charge on any atom is -0.419 e. The van der Waals surface area contributed by atoms with Crippen LogP contribution in [0.2, 0.25) is 0 Å². The number of hydrogen-bond donors (Lipinski definition) is 0. The summed E-state index contributed by atoms with van der Waals surface area (Å²) < 4.78 is 45.8. The van der Waals surface area contributed by atoms with Crippen LogP contribution in [0, 0.1) is 5.41 Å². The number of fused-ring (bicyclic) bond motifs is 1. The van der Waals surface area contributed by atoms with Crippen LogP contribution in [0.5, 0.6) is 5.75 Å². The molecule has 0 unspecified atom stereocenters. The zero-order valence-corrected chi connectivity index (χ0v) is 21.4. The van der Waals surface area contributed by atoms with Gasteiger partial charge in [0.2, 0.25) is 5.95 Å². The summed E-state index contributed by atoms with van der Waals surface area (Å²) in [5, 5.41) is 13.6. The fourth-order valence-corrected chi connectivity index (χ4v) is 5.35. The van der Waals surface area contributed by atoms with E-state index in [2.05, 4.69) is 37.1 Å². The number of esters is 1. The number of likely N-dealkylation sites (tertiary alicyclic amines) is 1. The van der Waals surface area contributed by atoms with E-state index in [1.165, 1.54) is 12.3 Å². The lowest BCUT2D eigenvalue weighted by Gasteiger charge is -2.53. The third-order valence-electron chi connectivity index (χ3n) is 7.70. The quantitative estimate of drug-likeness (QED) is 0.284. The normalized spacial score (nSPS) is 17.4. The third kappa shape index (κ3) is 4.80. The maximum absolute atomic E-state index is 13.1. The fourth-order valence-electron chi connectivity index (χ4n) is 5.35. The molecule has 2 aromatic carbocycles. The Hall–Kier alpha value is -4.06. The number of alkyl halides is 3. The highest BCUT2D eigenvalue weighted by molar-refractivity contribution is 5.87. The first-order valence-corrected chi connectivity index (χ1v) is 12.6. The van der Waals surface area contributed by atoms with Gasteiger partial charge in [0.05, 0.1) is 17.9 Å². The Morgan fingerprint density at radius 3 is 2.38 bits per heavy atom. The van der Waals surface area contributed by atoms with Gasteiger partial charge in [0.1, 0.15) is 11.4 Å². The SMILES string of the molecule is CN1CCC2(CC1)CN(c1ncc(-c3ccc(-c4ccc5c(cnn5C)c4)cc3OC(=O)C(F)(F)F)nn1)C2. The lowest BCUT2D eigenvalue weighted by molar-refractivity contribution is -0.189. The Morgan fingerprint density at radius 2 is 1.69 bits per heavy atom. The summed E-state index contributed by atoms with van der Waals surface area (Å²) in [5.41, 5.74) is 2.86. The molecule has 0 saturated carbocycles. The molecule has 2 aliphatic heterocycles. The zero-order valence-electron chi connectivity index (χ0n) is 21.4. The van der Waals surface area contributed by atoms with Crippen LogP contribution in [0.15, 0.2) is 48.8 Å². The van der Waals surface area contributed by atoms with E-state index >= 15 is 0 Å². The molecule has 202 valence electrons. The highest BCUT2D eigenvalue weighted by atomic mass is 19.4. The van der Waals surface area contributed by atoms with Crippen LogP contribution in [0.3, 0.4) is 0 Å². The largest absolute Gasteiger partial charge is 0.491 e. The molecule has 2 saturated heterocycles. The molecule has 0 radical (unpaired) electrons. The van der Waals surface area contributed by atoms with Crippen molar-refractivity contribution in [2.24, 2.45) is 12.5 Å². The highest BCUT2D eigenvalue weighted by Gasteiger charge is 2.45. The van der Waals surface area contributed by atoms with Gasteiger partial charge in [-0.25, -0.2) is 9.78 Å². The Morgan fingerprint density at radius 1 is 0.974 bits per heavy atom. The van der Waals surface area contributed by atoms with E-state index in [0.29, 0.717) is 11.5 Å². The Balaban J connectivity index is 1.28. The Labute approximate surface area is 222 Å². The molecular weight excluding hydrogens is 511 g/mol. The van der Waals surface area contributed by atoms with Gasteiger partial charge in [0, 0.05) is 36.5 Å². The van der Waals surface area contributed by atoms with Crippen LogP contribution >= 0.6 is 0 Å². The van der Waals surface area contributed by atoms with E-state index in [1.807, 2.05) is 25.2 Å². The van der Waals surface area contributed by atoms with Crippen LogP contribution in [0.4, 0.5) is 19.1 Å². The summed E-state index contributed by atoms with van der Waals surface area (Å²) >= 11 is 0. The molecule has 2 aromatic heterocycles. The van der Waals surface area contributed by atoms with E-state index in [4.69, 9.17) is 4.74 Å². The molecule has 0 aliphatic carbocycles. The second-order valence-electron chi connectivity index (χ2n) is 10.4. The molecule has 0 N–H and O–H groups in total. The number of hydrogen-bond acceptors (Lipinski definition) is 8. The van der Waals surface area contributed by atoms with E-state index in [0.717, 1.165) is 55.5 Å². The first-order chi connectivity index (χ1) is 18.6. The number of carbonyl (C=O) groups excluding carboxylic acids is 1. The minimum atomic E-state index is -5.16. The number of aromatic nitrogens is 5. The molecule has 39 heavy (non-hydrogen) atoms. The number of ether oxygens (including phenoxy) is 1. The summed E-state index contributed by atoms with van der Waals surface area (Å²) in [6.07, 6.45) is 0.243. The zero-order chi connectivity index (χ0) is 27.4. The molecule has 4 heterocycles. The molecule has 12 heteroatoms. The minimum absolute atomic E-state index is 0.181. The van der Waals surface area contributed by atoms with Crippen molar-refractivity contribution in [3.63, 3.8) is 0 Å². The summed E-state index contributed by atoms with van der Waals surface area (Å²) in [7, 11) is 3.95. The van der Waals surface area contributed by atoms with Gasteiger partial charge in [0.15, 0.2) is 0 Å². The van der Waals surface area contributed by atoms with E-state index in [1.54, 1.807) is 23.0 Å². The predicted octanol–water partition coefficient (Wildman–Crippen LogP) is 4.09. The Kier molecular flexibility index (Phi) is 6.01. The maximum Gasteiger partial charge on any atom is 0.491 e. The van der Waals surface area contributed by atoms with E-state index < -0.39 is 12.1 Å². The lowest BCUT2D eigenvalue weighted by atomic mass is 9.72. The second kappa shape index (κ2) is 9.30. The topological polar surface area (TPSA) is 89.3 Å². The number of aryl methyl sites for hydroxylation is 1. The molecular formula is C27H26F3N7O2. The van der Waals surface area contributed by atoms with Crippen LogP contribution in [0.1, 0.15) is 12.8 Å². The number of rotatable bonds is 4. The van der Waals surface area contributed by atoms with Crippen LogP contribution in [-0.2, 0) is 11.8 Å². The van der Waals surface area contributed by atoms with Gasteiger partial charge in [-0.05, 0) is 68.4 Å². The van der Waals surface area contributed by atoms with Gasteiger partial charge in [-0.2, -0.15) is 18.3 Å². The summed E-state index contributed by atoms with van der Waals surface area (Å²) in [6.45, 7) is 3.84. The molecule has 2 fully saturated rings. The third-order valence-corrected chi connectivity index (χ3v) is 7.70. The smallest absolute Gasteiger partial charge is 0.419 e. The van der Waals surface area contributed by atoms with Gasteiger partial charge in [-0.3, -0.25) is 4.68 Å². The van der Waals surface area contributed by atoms with Crippen molar-refractivity contribution < 1.29 is 22.7 Å². The van der Waals surface area contributed by atoms with Gasteiger partial charge >= 0.3 is 12.1 Å². The number of carbonyl (C=O) groups is 1. The van der Waals surface area contributed by atoms with Crippen molar-refractivity contribution in [2.75, 3.05) is 38.1 Å². The molecule has 9 nitrogen and oxygen atoms in total. The Bertz CT molecular complexity index is 1540. The van der Waals surface area contributed by atoms with Gasteiger partial charge in [-0.15, -0.1) is 10.2 Å². The van der Waals surface area contributed by atoms with Crippen molar-refractivity contribution in [1.82, 2.24) is 29.9 Å². The lowest BCUT2D eigenvalue weighted by Crippen LogP contribution is -2.60. The highest BCUT2D eigenvalue weighted by Crippen LogP contribution is 2.41. The summed E-state index contributed by atoms with van der Waals surface area (Å²) in [4.78, 5) is 20.6. The van der Waals surface area contributed by atoms with Crippen molar-refractivity contribution in [3.05, 3.63) is 48.8 Å². The first-order valence-electron chi connectivity index (χ1n) is 12.6. The molecule has 2 aliphatic rings. The van der Waals surface area contributed by atoms with Gasteiger partial charge < -0.3 is 14.5 Å². The first kappa shape index (κ1) is 25.2. The van der Waals surface area contributed by atoms with Gasteiger partial charge in [0.25, 0.3) is 0 Å². The number of anilines is 1. The molecule has 0 bridgehead atoms. The maximum atomic E-state index is 13.1. The predicted molar refractivity (Wildman–Crippen MR) is 138 cm³/mol. The van der Waals surface area contributed by atoms with Crippen LogP contribution < -0.4 is 9.64 Å². The molecule has 0 amide bonds. The number of piperidine rings is 1. The molecule has 6 rings (SSSR count). The number of halogens is 3. The van der Waals surface area contributed by atoms with Crippen molar-refractivity contribution in [2.45, 2.75) is 19.0 Å². The summed E-state index contributed by atoms with van der Waals surface area (Å²) in [6, 6.07) is 10.2. The van der Waals surface area contributed by atoms with E-state index in [-0.39, 0.29) is 22.4 Å². The average molecular weight is 538 g/mol.